The summed E-state index contributed by atoms with van der Waals surface area (Å²) in [6.45, 7) is 1.27. The van der Waals surface area contributed by atoms with Gasteiger partial charge in [-0.2, -0.15) is 13.2 Å². The Morgan fingerprint density at radius 1 is 1.11 bits per heavy atom. The number of furan rings is 1. The van der Waals surface area contributed by atoms with E-state index in [-0.39, 0.29) is 26.3 Å². The Labute approximate surface area is 146 Å². The molecule has 0 saturated carbocycles. The second kappa shape index (κ2) is 6.05. The molecule has 0 radical (unpaired) electrons. The standard InChI is InChI=1S/C16H11F5N2O4/c1-6(24)10-3-7-13(8(17)4-9(18)14(7)27-10)23-12(25)5-11(16(19,20)21)22(2)15(23)26/h3-6,24H,1-2H3. The minimum atomic E-state index is -4.99. The predicted molar refractivity (Wildman–Crippen MR) is 82.6 cm³/mol. The summed E-state index contributed by atoms with van der Waals surface area (Å²) in [5.74, 6) is -2.72. The number of nitrogens with zero attached hydrogens (tertiary/aromatic N) is 2. The van der Waals surface area contributed by atoms with Crippen molar-refractivity contribution in [2.24, 2.45) is 7.05 Å². The summed E-state index contributed by atoms with van der Waals surface area (Å²) in [6, 6.07) is 1.47. The van der Waals surface area contributed by atoms with Crippen molar-refractivity contribution in [3.63, 3.8) is 0 Å². The molecule has 0 saturated heterocycles. The van der Waals surface area contributed by atoms with Gasteiger partial charge in [-0.15, -0.1) is 0 Å². The number of aromatic nitrogens is 2. The Balaban J connectivity index is 2.45. The lowest BCUT2D eigenvalue weighted by Crippen LogP contribution is -2.41. The zero-order chi connectivity index (χ0) is 20.3. The Hall–Kier alpha value is -2.95. The van der Waals surface area contributed by atoms with Crippen LogP contribution in [0, 0.1) is 11.6 Å². The minimum absolute atomic E-state index is 0.131. The smallest absolute Gasteiger partial charge is 0.431 e. The van der Waals surface area contributed by atoms with E-state index in [0.29, 0.717) is 6.07 Å². The highest BCUT2D eigenvalue weighted by atomic mass is 19.4. The van der Waals surface area contributed by atoms with E-state index in [4.69, 9.17) is 4.42 Å². The number of hydrogen-bond acceptors (Lipinski definition) is 4. The van der Waals surface area contributed by atoms with Crippen LogP contribution in [0.3, 0.4) is 0 Å². The van der Waals surface area contributed by atoms with Crippen molar-refractivity contribution in [2.45, 2.75) is 19.2 Å². The summed E-state index contributed by atoms with van der Waals surface area (Å²) in [5, 5.41) is 9.17. The molecule has 1 aromatic carbocycles. The molecule has 27 heavy (non-hydrogen) atoms. The Bertz CT molecular complexity index is 1170. The number of rotatable bonds is 2. The van der Waals surface area contributed by atoms with Crippen LogP contribution in [0.25, 0.3) is 16.7 Å². The van der Waals surface area contributed by atoms with E-state index in [9.17, 15) is 36.6 Å². The van der Waals surface area contributed by atoms with E-state index >= 15 is 0 Å². The van der Waals surface area contributed by atoms with Crippen LogP contribution in [0.1, 0.15) is 24.5 Å². The molecule has 0 bridgehead atoms. The zero-order valence-electron chi connectivity index (χ0n) is 13.8. The van der Waals surface area contributed by atoms with Gasteiger partial charge in [0.15, 0.2) is 17.2 Å². The first-order chi connectivity index (χ1) is 12.4. The number of benzene rings is 1. The van der Waals surface area contributed by atoms with Crippen LogP contribution in [-0.4, -0.2) is 14.2 Å². The van der Waals surface area contributed by atoms with Gasteiger partial charge in [-0.25, -0.2) is 18.1 Å². The molecule has 3 aromatic rings. The number of alkyl halides is 3. The van der Waals surface area contributed by atoms with Crippen molar-refractivity contribution >= 4 is 11.0 Å². The normalized spacial score (nSPS) is 13.3. The first-order valence-corrected chi connectivity index (χ1v) is 7.43. The topological polar surface area (TPSA) is 77.4 Å². The fraction of sp³-hybridized carbons (Fsp3) is 0.250. The number of hydrogen-bond donors (Lipinski definition) is 1. The molecule has 0 amide bonds. The summed E-state index contributed by atoms with van der Waals surface area (Å²) >= 11 is 0. The van der Waals surface area contributed by atoms with Crippen LogP contribution in [0.5, 0.6) is 0 Å². The molecule has 1 atom stereocenters. The van der Waals surface area contributed by atoms with Crippen LogP contribution >= 0.6 is 0 Å². The molecule has 6 nitrogen and oxygen atoms in total. The Kier molecular flexibility index (Phi) is 4.22. The van der Waals surface area contributed by atoms with Crippen molar-refractivity contribution in [1.29, 1.82) is 0 Å². The van der Waals surface area contributed by atoms with Gasteiger partial charge in [-0.3, -0.25) is 9.36 Å². The molecule has 1 unspecified atom stereocenters. The monoisotopic (exact) mass is 390 g/mol. The highest BCUT2D eigenvalue weighted by Crippen LogP contribution is 2.32. The molecule has 144 valence electrons. The van der Waals surface area contributed by atoms with Gasteiger partial charge in [-0.05, 0) is 13.0 Å². The van der Waals surface area contributed by atoms with Gasteiger partial charge in [0.05, 0.1) is 5.39 Å². The molecule has 1 N–H and O–H groups in total. The van der Waals surface area contributed by atoms with E-state index < -0.39 is 52.1 Å². The van der Waals surface area contributed by atoms with Crippen molar-refractivity contribution in [1.82, 2.24) is 9.13 Å². The molecule has 2 aromatic heterocycles. The number of aliphatic hydroxyl groups excluding tert-OH is 1. The van der Waals surface area contributed by atoms with Crippen LogP contribution < -0.4 is 11.2 Å². The first kappa shape index (κ1) is 18.8. The van der Waals surface area contributed by atoms with Crippen LogP contribution in [0.15, 0.2) is 32.2 Å². The summed E-state index contributed by atoms with van der Waals surface area (Å²) in [6.07, 6.45) is -6.21. The average molecular weight is 390 g/mol. The van der Waals surface area contributed by atoms with Gasteiger partial charge in [0, 0.05) is 19.2 Å². The third-order valence-electron chi connectivity index (χ3n) is 3.95. The molecule has 2 heterocycles. The van der Waals surface area contributed by atoms with Crippen LogP contribution in [0.4, 0.5) is 22.0 Å². The maximum atomic E-state index is 14.4. The van der Waals surface area contributed by atoms with E-state index in [1.165, 1.54) is 6.92 Å². The van der Waals surface area contributed by atoms with E-state index in [1.807, 2.05) is 0 Å². The second-order valence-electron chi connectivity index (χ2n) is 5.80. The largest absolute Gasteiger partial charge is 0.455 e. The highest BCUT2D eigenvalue weighted by Gasteiger charge is 2.35. The lowest BCUT2D eigenvalue weighted by Gasteiger charge is -2.14. The Morgan fingerprint density at radius 3 is 2.30 bits per heavy atom. The fourth-order valence-electron chi connectivity index (χ4n) is 2.67. The quantitative estimate of drug-likeness (QED) is 0.683. The Morgan fingerprint density at radius 2 is 1.74 bits per heavy atom. The predicted octanol–water partition coefficient (Wildman–Crippen LogP) is 2.63. The maximum Gasteiger partial charge on any atom is 0.431 e. The van der Waals surface area contributed by atoms with Crippen molar-refractivity contribution in [2.75, 3.05) is 0 Å². The fourth-order valence-corrected chi connectivity index (χ4v) is 2.67. The molecule has 0 aliphatic rings. The summed E-state index contributed by atoms with van der Waals surface area (Å²) < 4.78 is 72.6. The highest BCUT2D eigenvalue weighted by molar-refractivity contribution is 5.87. The third kappa shape index (κ3) is 2.93. The molecule has 3 rings (SSSR count). The lowest BCUT2D eigenvalue weighted by molar-refractivity contribution is -0.144. The molecule has 0 fully saturated rings. The number of halogens is 5. The molecular weight excluding hydrogens is 379 g/mol. The number of fused-ring (bicyclic) bond motifs is 1. The van der Waals surface area contributed by atoms with E-state index in [2.05, 4.69) is 0 Å². The van der Waals surface area contributed by atoms with E-state index in [0.717, 1.165) is 13.1 Å². The summed E-state index contributed by atoms with van der Waals surface area (Å²) in [5.41, 5.74) is -5.81. The van der Waals surface area contributed by atoms with Gasteiger partial charge < -0.3 is 9.52 Å². The molecule has 0 aliphatic carbocycles. The second-order valence-corrected chi connectivity index (χ2v) is 5.80. The maximum absolute atomic E-state index is 14.4. The first-order valence-electron chi connectivity index (χ1n) is 7.43. The molecule has 0 aliphatic heterocycles. The molecule has 11 heteroatoms. The lowest BCUT2D eigenvalue weighted by atomic mass is 10.1. The zero-order valence-corrected chi connectivity index (χ0v) is 13.8. The molecule has 0 spiro atoms. The molecular formula is C16H11F5N2O4. The summed E-state index contributed by atoms with van der Waals surface area (Å²) in [7, 11) is 0.760. The van der Waals surface area contributed by atoms with Gasteiger partial charge in [0.25, 0.3) is 5.56 Å². The average Bonchev–Trinajstić information content (AvgIpc) is 2.98. The van der Waals surface area contributed by atoms with Crippen molar-refractivity contribution in [3.05, 3.63) is 62.1 Å². The van der Waals surface area contributed by atoms with Gasteiger partial charge in [0.1, 0.15) is 23.2 Å². The third-order valence-corrected chi connectivity index (χ3v) is 3.95. The SMILES string of the molecule is CC(O)c1cc2c(-n3c(=O)cc(C(F)(F)F)n(C)c3=O)c(F)cc(F)c2o1. The van der Waals surface area contributed by atoms with Gasteiger partial charge >= 0.3 is 11.9 Å². The summed E-state index contributed by atoms with van der Waals surface area (Å²) in [4.78, 5) is 24.6. The van der Waals surface area contributed by atoms with Crippen molar-refractivity contribution < 1.29 is 31.5 Å². The van der Waals surface area contributed by atoms with Crippen molar-refractivity contribution in [3.8, 4) is 5.69 Å². The van der Waals surface area contributed by atoms with Gasteiger partial charge in [-0.1, -0.05) is 0 Å². The van der Waals surface area contributed by atoms with Crippen LogP contribution in [-0.2, 0) is 13.2 Å². The minimum Gasteiger partial charge on any atom is -0.455 e. The van der Waals surface area contributed by atoms with Crippen LogP contribution in [0.2, 0.25) is 0 Å². The number of aliphatic hydroxyl groups is 1. The van der Waals surface area contributed by atoms with Gasteiger partial charge in [0.2, 0.25) is 0 Å². The van der Waals surface area contributed by atoms with E-state index in [1.54, 1.807) is 0 Å².